The van der Waals surface area contributed by atoms with Crippen molar-refractivity contribution >= 4 is 17.3 Å². The molecule has 0 fully saturated rings. The van der Waals surface area contributed by atoms with E-state index in [1.165, 1.54) is 0 Å². The van der Waals surface area contributed by atoms with E-state index in [4.69, 9.17) is 11.6 Å². The molecule has 1 unspecified atom stereocenters. The third kappa shape index (κ3) is 3.70. The second-order valence-corrected chi connectivity index (χ2v) is 5.94. The van der Waals surface area contributed by atoms with E-state index in [1.807, 2.05) is 6.07 Å². The van der Waals surface area contributed by atoms with Crippen molar-refractivity contribution in [2.24, 2.45) is 5.41 Å². The lowest BCUT2D eigenvalue weighted by atomic mass is 9.87. The molecule has 1 atom stereocenters. The van der Waals surface area contributed by atoms with Gasteiger partial charge in [0.1, 0.15) is 0 Å². The van der Waals surface area contributed by atoms with Crippen LogP contribution in [0.3, 0.4) is 0 Å². The smallest absolute Gasteiger partial charge is 0.258 e. The van der Waals surface area contributed by atoms with Crippen LogP contribution in [-0.4, -0.2) is 10.3 Å². The molecule has 0 radical (unpaired) electrons. The Morgan fingerprint density at radius 1 is 1.41 bits per heavy atom. The first-order chi connectivity index (χ1) is 7.71. The lowest BCUT2D eigenvalue weighted by molar-refractivity contribution is -0.385. The fourth-order valence-electron chi connectivity index (χ4n) is 1.56. The topological polar surface area (TPSA) is 43.1 Å². The summed E-state index contributed by atoms with van der Waals surface area (Å²) < 4.78 is 0. The van der Waals surface area contributed by atoms with Crippen LogP contribution in [0.1, 0.15) is 31.9 Å². The zero-order chi connectivity index (χ0) is 13.2. The highest BCUT2D eigenvalue weighted by Crippen LogP contribution is 2.28. The van der Waals surface area contributed by atoms with Crippen molar-refractivity contribution in [1.82, 2.24) is 0 Å². The number of halogens is 1. The number of aryl methyl sites for hydroxylation is 1. The van der Waals surface area contributed by atoms with Crippen LogP contribution in [-0.2, 0) is 6.42 Å². The van der Waals surface area contributed by atoms with E-state index >= 15 is 0 Å². The SMILES string of the molecule is Cc1cc(CC(Cl)C(C)(C)C)ccc1[N+](=O)[O-]. The first kappa shape index (κ1) is 14.0. The van der Waals surface area contributed by atoms with Crippen LogP contribution in [0, 0.1) is 22.5 Å². The van der Waals surface area contributed by atoms with Crippen LogP contribution in [0.4, 0.5) is 5.69 Å². The average Bonchev–Trinajstić information content (AvgIpc) is 2.15. The van der Waals surface area contributed by atoms with Crippen molar-refractivity contribution < 1.29 is 4.92 Å². The predicted molar refractivity (Wildman–Crippen MR) is 70.6 cm³/mol. The molecule has 0 spiro atoms. The van der Waals surface area contributed by atoms with Crippen molar-refractivity contribution in [2.75, 3.05) is 0 Å². The molecular weight excluding hydrogens is 238 g/mol. The molecule has 1 aromatic carbocycles. The number of nitrogens with zero attached hydrogens (tertiary/aromatic N) is 1. The molecule has 1 rings (SSSR count). The summed E-state index contributed by atoms with van der Waals surface area (Å²) in [6.45, 7) is 8.01. The summed E-state index contributed by atoms with van der Waals surface area (Å²) in [6, 6.07) is 5.18. The van der Waals surface area contributed by atoms with Crippen LogP contribution in [0.15, 0.2) is 18.2 Å². The van der Waals surface area contributed by atoms with E-state index in [1.54, 1.807) is 19.1 Å². The third-order valence-corrected chi connectivity index (χ3v) is 3.62. The summed E-state index contributed by atoms with van der Waals surface area (Å²) in [5.41, 5.74) is 1.92. The van der Waals surface area contributed by atoms with Gasteiger partial charge in [-0.2, -0.15) is 0 Å². The number of hydrogen-bond donors (Lipinski definition) is 0. The Hall–Kier alpha value is -1.09. The van der Waals surface area contributed by atoms with Crippen LogP contribution >= 0.6 is 11.6 Å². The van der Waals surface area contributed by atoms with E-state index in [0.717, 1.165) is 12.0 Å². The van der Waals surface area contributed by atoms with Crippen molar-refractivity contribution in [3.8, 4) is 0 Å². The monoisotopic (exact) mass is 255 g/mol. The molecule has 0 heterocycles. The summed E-state index contributed by atoms with van der Waals surface area (Å²) in [6.07, 6.45) is 0.726. The second-order valence-electron chi connectivity index (χ2n) is 5.42. The first-order valence-corrected chi connectivity index (χ1v) is 6.03. The van der Waals surface area contributed by atoms with Crippen molar-refractivity contribution in [2.45, 2.75) is 39.5 Å². The average molecular weight is 256 g/mol. The minimum Gasteiger partial charge on any atom is -0.258 e. The highest BCUT2D eigenvalue weighted by molar-refractivity contribution is 6.21. The number of rotatable bonds is 3. The lowest BCUT2D eigenvalue weighted by Gasteiger charge is -2.25. The maximum absolute atomic E-state index is 10.7. The molecule has 0 aliphatic carbocycles. The second kappa shape index (κ2) is 5.05. The van der Waals surface area contributed by atoms with Crippen LogP contribution in [0.5, 0.6) is 0 Å². The summed E-state index contributed by atoms with van der Waals surface area (Å²) in [5, 5.41) is 10.7. The zero-order valence-electron chi connectivity index (χ0n) is 10.7. The van der Waals surface area contributed by atoms with Crippen molar-refractivity contribution in [3.05, 3.63) is 39.4 Å². The van der Waals surface area contributed by atoms with Crippen molar-refractivity contribution in [1.29, 1.82) is 0 Å². The molecule has 0 aromatic heterocycles. The molecule has 1 aromatic rings. The van der Waals surface area contributed by atoms with Crippen molar-refractivity contribution in [3.63, 3.8) is 0 Å². The lowest BCUT2D eigenvalue weighted by Crippen LogP contribution is -2.22. The summed E-state index contributed by atoms with van der Waals surface area (Å²) >= 11 is 6.31. The van der Waals surface area contributed by atoms with Gasteiger partial charge in [-0.15, -0.1) is 11.6 Å². The van der Waals surface area contributed by atoms with Gasteiger partial charge in [0.25, 0.3) is 5.69 Å². The normalized spacial score (nSPS) is 13.5. The predicted octanol–water partition coefficient (Wildman–Crippen LogP) is 4.10. The van der Waals surface area contributed by atoms with Gasteiger partial charge in [0.2, 0.25) is 0 Å². The van der Waals surface area contributed by atoms with Gasteiger partial charge in [-0.1, -0.05) is 26.8 Å². The molecule has 0 saturated heterocycles. The van der Waals surface area contributed by atoms with E-state index in [-0.39, 0.29) is 21.4 Å². The van der Waals surface area contributed by atoms with Gasteiger partial charge < -0.3 is 0 Å². The van der Waals surface area contributed by atoms with Gasteiger partial charge in [0.15, 0.2) is 0 Å². The molecule has 0 aliphatic heterocycles. The molecule has 3 nitrogen and oxygen atoms in total. The zero-order valence-corrected chi connectivity index (χ0v) is 11.4. The van der Waals surface area contributed by atoms with Crippen LogP contribution < -0.4 is 0 Å². The maximum Gasteiger partial charge on any atom is 0.272 e. The molecular formula is C13H18ClNO2. The Bertz CT molecular complexity index is 424. The number of hydrogen-bond acceptors (Lipinski definition) is 2. The highest BCUT2D eigenvalue weighted by Gasteiger charge is 2.23. The Balaban J connectivity index is 2.88. The standard InChI is InChI=1S/C13H18ClNO2/c1-9-7-10(5-6-11(9)15(16)17)8-12(14)13(2,3)4/h5-7,12H,8H2,1-4H3. The Labute approximate surface area is 107 Å². The molecule has 4 heteroatoms. The van der Waals surface area contributed by atoms with Crippen LogP contribution in [0.25, 0.3) is 0 Å². The number of alkyl halides is 1. The molecule has 17 heavy (non-hydrogen) atoms. The molecule has 0 N–H and O–H groups in total. The van der Waals surface area contributed by atoms with Gasteiger partial charge in [-0.05, 0) is 30.4 Å². The van der Waals surface area contributed by atoms with E-state index in [2.05, 4.69) is 20.8 Å². The third-order valence-electron chi connectivity index (χ3n) is 2.81. The van der Waals surface area contributed by atoms with Gasteiger partial charge in [0.05, 0.1) is 4.92 Å². The minimum absolute atomic E-state index is 0.0170. The van der Waals surface area contributed by atoms with E-state index in [9.17, 15) is 10.1 Å². The molecule has 0 saturated carbocycles. The molecule has 94 valence electrons. The van der Waals surface area contributed by atoms with Gasteiger partial charge in [-0.25, -0.2) is 0 Å². The fraction of sp³-hybridized carbons (Fsp3) is 0.538. The van der Waals surface area contributed by atoms with Crippen LogP contribution in [0.2, 0.25) is 0 Å². The molecule has 0 bridgehead atoms. The van der Waals surface area contributed by atoms with Gasteiger partial charge in [0, 0.05) is 17.0 Å². The van der Waals surface area contributed by atoms with Gasteiger partial charge in [-0.3, -0.25) is 10.1 Å². The van der Waals surface area contributed by atoms with E-state index < -0.39 is 0 Å². The quantitative estimate of drug-likeness (QED) is 0.464. The molecule has 0 amide bonds. The number of benzene rings is 1. The summed E-state index contributed by atoms with van der Waals surface area (Å²) in [5.74, 6) is 0. The highest BCUT2D eigenvalue weighted by atomic mass is 35.5. The number of nitro benzene ring substituents is 1. The maximum atomic E-state index is 10.7. The largest absolute Gasteiger partial charge is 0.272 e. The molecule has 0 aliphatic rings. The van der Waals surface area contributed by atoms with E-state index in [0.29, 0.717) is 5.56 Å². The Morgan fingerprint density at radius 3 is 2.41 bits per heavy atom. The Kier molecular flexibility index (Phi) is 4.15. The summed E-state index contributed by atoms with van der Waals surface area (Å²) in [7, 11) is 0. The van der Waals surface area contributed by atoms with Gasteiger partial charge >= 0.3 is 0 Å². The minimum atomic E-state index is -0.360. The number of nitro groups is 1. The first-order valence-electron chi connectivity index (χ1n) is 5.60. The summed E-state index contributed by atoms with van der Waals surface area (Å²) in [4.78, 5) is 10.3. The Morgan fingerprint density at radius 2 is 2.00 bits per heavy atom. The fourth-order valence-corrected chi connectivity index (χ4v) is 1.74.